The molecule has 3 N–H and O–H groups in total. The van der Waals surface area contributed by atoms with Crippen LogP contribution in [0.1, 0.15) is 49.7 Å². The van der Waals surface area contributed by atoms with Crippen LogP contribution >= 0.6 is 11.3 Å². The van der Waals surface area contributed by atoms with Gasteiger partial charge in [-0.15, -0.1) is 11.8 Å². The Morgan fingerprint density at radius 3 is 2.96 bits per heavy atom. The van der Waals surface area contributed by atoms with Crippen LogP contribution in [-0.4, -0.2) is 47.8 Å². The molecule has 0 saturated carbocycles. The van der Waals surface area contributed by atoms with Crippen molar-refractivity contribution < 1.29 is 14.6 Å². The van der Waals surface area contributed by atoms with E-state index < -0.39 is 6.10 Å². The van der Waals surface area contributed by atoms with Crippen molar-refractivity contribution in [3.05, 3.63) is 11.1 Å². The molecule has 6 nitrogen and oxygen atoms in total. The van der Waals surface area contributed by atoms with E-state index in [0.29, 0.717) is 29.2 Å². The summed E-state index contributed by atoms with van der Waals surface area (Å²) in [4.78, 5) is 16.5. The maximum absolute atomic E-state index is 12.0. The Kier molecular flexibility index (Phi) is 10.1. The molecule has 134 valence electrons. The Hall–Kier alpha value is -1.62. The van der Waals surface area contributed by atoms with E-state index in [-0.39, 0.29) is 12.5 Å². The molecular weight excluding hydrogens is 326 g/mol. The summed E-state index contributed by atoms with van der Waals surface area (Å²) in [5.41, 5.74) is 0. The number of aliphatic hydroxyl groups excluding tert-OH is 1. The summed E-state index contributed by atoms with van der Waals surface area (Å²) in [5, 5.41) is 16.2. The van der Waals surface area contributed by atoms with Crippen LogP contribution in [0.5, 0.6) is 5.19 Å². The van der Waals surface area contributed by atoms with Crippen molar-refractivity contribution in [1.29, 1.82) is 0 Å². The number of ether oxygens (including phenoxy) is 1. The lowest BCUT2D eigenvalue weighted by Gasteiger charge is -2.13. The molecule has 1 heterocycles. The second kappa shape index (κ2) is 11.8. The monoisotopic (exact) mass is 353 g/mol. The molecule has 0 aromatic carbocycles. The summed E-state index contributed by atoms with van der Waals surface area (Å²) in [7, 11) is 0. The van der Waals surface area contributed by atoms with Crippen molar-refractivity contribution in [3.63, 3.8) is 0 Å². The van der Waals surface area contributed by atoms with Gasteiger partial charge in [0.25, 0.3) is 11.1 Å². The molecule has 0 fully saturated rings. The number of nitrogens with zero attached hydrogens (tertiary/aromatic N) is 1. The van der Waals surface area contributed by atoms with E-state index in [4.69, 9.17) is 4.74 Å². The van der Waals surface area contributed by atoms with Gasteiger partial charge in [0.15, 0.2) is 0 Å². The number of nitrogens with one attached hydrogen (secondary N) is 2. The number of carbonyl (C=O) groups is 1. The number of rotatable bonds is 11. The van der Waals surface area contributed by atoms with Gasteiger partial charge in [-0.25, -0.2) is 4.98 Å². The molecule has 0 saturated heterocycles. The second-order valence-corrected chi connectivity index (χ2v) is 6.65. The molecule has 1 atom stereocenters. The number of hydrogen-bond donors (Lipinski definition) is 3. The normalized spacial score (nSPS) is 11.7. The molecule has 1 rings (SSSR count). The lowest BCUT2D eigenvalue weighted by Crippen LogP contribution is -2.35. The molecule has 0 radical (unpaired) electrons. The molecule has 0 spiro atoms. The van der Waals surface area contributed by atoms with Crippen LogP contribution in [0.25, 0.3) is 0 Å². The smallest absolute Gasteiger partial charge is 0.273 e. The molecule has 24 heavy (non-hydrogen) atoms. The number of thiazole rings is 1. The Bertz CT molecular complexity index is 549. The van der Waals surface area contributed by atoms with Crippen molar-refractivity contribution in [2.45, 2.75) is 52.2 Å². The van der Waals surface area contributed by atoms with Crippen molar-refractivity contribution in [2.24, 2.45) is 0 Å². The number of aromatic nitrogens is 1. The van der Waals surface area contributed by atoms with E-state index in [1.165, 1.54) is 17.5 Å². The standard InChI is InChI=1S/C17H27N3O3S/c1-4-5-6-7-8-9-18-16(22)15-11-20-17(24-15)23-12-14(21)10-19-13(2)3/h11,13-14,19,21H,6-10,12H2,1-3H3,(H,18,22). The van der Waals surface area contributed by atoms with E-state index in [1.807, 2.05) is 20.8 Å². The zero-order valence-corrected chi connectivity index (χ0v) is 15.4. The maximum atomic E-state index is 12.0. The highest BCUT2D eigenvalue weighted by molar-refractivity contribution is 7.15. The van der Waals surface area contributed by atoms with Crippen molar-refractivity contribution in [1.82, 2.24) is 15.6 Å². The molecule has 1 aromatic heterocycles. The van der Waals surface area contributed by atoms with E-state index in [2.05, 4.69) is 27.5 Å². The topological polar surface area (TPSA) is 83.5 Å². The van der Waals surface area contributed by atoms with Gasteiger partial charge in [0.1, 0.15) is 17.6 Å². The van der Waals surface area contributed by atoms with Crippen LogP contribution in [-0.2, 0) is 0 Å². The number of amides is 1. The Morgan fingerprint density at radius 1 is 1.46 bits per heavy atom. The lowest BCUT2D eigenvalue weighted by molar-refractivity contribution is 0.0957. The third-order valence-electron chi connectivity index (χ3n) is 3.06. The minimum atomic E-state index is -0.611. The SMILES string of the molecule is CC#CCCCCNC(=O)c1cnc(OCC(O)CNC(C)C)s1. The first kappa shape index (κ1) is 20.4. The molecule has 1 aromatic rings. The average molecular weight is 353 g/mol. The average Bonchev–Trinajstić information content (AvgIpc) is 3.03. The fourth-order valence-corrected chi connectivity index (χ4v) is 2.47. The van der Waals surface area contributed by atoms with Crippen LogP contribution in [0.4, 0.5) is 0 Å². The predicted octanol–water partition coefficient (Wildman–Crippen LogP) is 1.80. The summed E-state index contributed by atoms with van der Waals surface area (Å²) < 4.78 is 5.42. The zero-order valence-electron chi connectivity index (χ0n) is 14.6. The number of hydrogen-bond acceptors (Lipinski definition) is 6. The Balaban J connectivity index is 2.26. The first-order valence-corrected chi connectivity index (χ1v) is 9.02. The summed E-state index contributed by atoms with van der Waals surface area (Å²) >= 11 is 1.18. The minimum Gasteiger partial charge on any atom is -0.467 e. The van der Waals surface area contributed by atoms with Gasteiger partial charge >= 0.3 is 0 Å². The van der Waals surface area contributed by atoms with Crippen LogP contribution in [0.2, 0.25) is 0 Å². The van der Waals surface area contributed by atoms with Gasteiger partial charge in [-0.3, -0.25) is 4.79 Å². The lowest BCUT2D eigenvalue weighted by atomic mass is 10.2. The summed E-state index contributed by atoms with van der Waals surface area (Å²) in [6.07, 6.45) is 3.62. The van der Waals surface area contributed by atoms with Crippen LogP contribution in [0.15, 0.2) is 6.20 Å². The molecule has 0 aliphatic heterocycles. The van der Waals surface area contributed by atoms with Crippen molar-refractivity contribution in [3.8, 4) is 17.0 Å². The summed E-state index contributed by atoms with van der Waals surface area (Å²) in [6, 6.07) is 0.309. The molecular formula is C17H27N3O3S. The first-order chi connectivity index (χ1) is 11.5. The van der Waals surface area contributed by atoms with Gasteiger partial charge < -0.3 is 20.5 Å². The largest absolute Gasteiger partial charge is 0.467 e. The van der Waals surface area contributed by atoms with E-state index in [9.17, 15) is 9.90 Å². The molecule has 0 aliphatic rings. The number of unbranched alkanes of at least 4 members (excludes halogenated alkanes) is 2. The van der Waals surface area contributed by atoms with Gasteiger partial charge in [0.2, 0.25) is 0 Å². The van der Waals surface area contributed by atoms with Crippen molar-refractivity contribution >= 4 is 17.2 Å². The third kappa shape index (κ3) is 8.87. The quantitative estimate of drug-likeness (QED) is 0.417. The van der Waals surface area contributed by atoms with Gasteiger partial charge in [0.05, 0.1) is 6.20 Å². The fourth-order valence-electron chi connectivity index (χ4n) is 1.78. The second-order valence-electron chi connectivity index (χ2n) is 5.66. The third-order valence-corrected chi connectivity index (χ3v) is 3.97. The van der Waals surface area contributed by atoms with Crippen LogP contribution in [0, 0.1) is 11.8 Å². The number of carbonyl (C=O) groups excluding carboxylic acids is 1. The fraction of sp³-hybridized carbons (Fsp3) is 0.647. The van der Waals surface area contributed by atoms with Crippen LogP contribution in [0.3, 0.4) is 0 Å². The summed E-state index contributed by atoms with van der Waals surface area (Å²) in [5.74, 6) is 5.70. The van der Waals surface area contributed by atoms with Crippen LogP contribution < -0.4 is 15.4 Å². The van der Waals surface area contributed by atoms with Gasteiger partial charge in [-0.1, -0.05) is 25.2 Å². The van der Waals surface area contributed by atoms with Gasteiger partial charge in [0, 0.05) is 25.6 Å². The number of aliphatic hydroxyl groups is 1. The highest BCUT2D eigenvalue weighted by atomic mass is 32.1. The molecule has 1 amide bonds. The summed E-state index contributed by atoms with van der Waals surface area (Å²) in [6.45, 7) is 7.07. The highest BCUT2D eigenvalue weighted by Crippen LogP contribution is 2.20. The van der Waals surface area contributed by atoms with Gasteiger partial charge in [-0.05, 0) is 19.8 Å². The van der Waals surface area contributed by atoms with Gasteiger partial charge in [-0.2, -0.15) is 0 Å². The molecule has 7 heteroatoms. The Morgan fingerprint density at radius 2 is 2.25 bits per heavy atom. The first-order valence-electron chi connectivity index (χ1n) is 8.20. The zero-order chi connectivity index (χ0) is 17.8. The predicted molar refractivity (Wildman–Crippen MR) is 96.4 cm³/mol. The highest BCUT2D eigenvalue weighted by Gasteiger charge is 2.12. The molecule has 0 aliphatic carbocycles. The van der Waals surface area contributed by atoms with E-state index in [0.717, 1.165) is 19.3 Å². The Labute approximate surface area is 148 Å². The molecule has 1 unspecified atom stereocenters. The minimum absolute atomic E-state index is 0.146. The van der Waals surface area contributed by atoms with E-state index >= 15 is 0 Å². The van der Waals surface area contributed by atoms with E-state index in [1.54, 1.807) is 0 Å². The molecule has 0 bridgehead atoms. The maximum Gasteiger partial charge on any atom is 0.273 e. The van der Waals surface area contributed by atoms with Crippen molar-refractivity contribution in [2.75, 3.05) is 19.7 Å².